The topological polar surface area (TPSA) is 71.4 Å². The van der Waals surface area contributed by atoms with Gasteiger partial charge < -0.3 is 5.11 Å². The zero-order chi connectivity index (χ0) is 14.1. The first-order chi connectivity index (χ1) is 8.01. The van der Waals surface area contributed by atoms with Crippen LogP contribution >= 0.6 is 11.6 Å². The molecule has 4 nitrogen and oxygen atoms in total. The highest BCUT2D eigenvalue weighted by Crippen LogP contribution is 2.25. The van der Waals surface area contributed by atoms with E-state index in [4.69, 9.17) is 16.7 Å². The average Bonchev–Trinajstić information content (AvgIpc) is 2.12. The molecule has 0 fully saturated rings. The normalized spacial score (nSPS) is 12.4. The smallest absolute Gasteiger partial charge is 0.403 e. The van der Waals surface area contributed by atoms with E-state index in [2.05, 4.69) is 0 Å². The van der Waals surface area contributed by atoms with Crippen molar-refractivity contribution in [2.45, 2.75) is 11.1 Å². The van der Waals surface area contributed by atoms with Crippen LogP contribution in [0.4, 0.5) is 13.2 Å². The number of carbonyl (C=O) groups is 1. The van der Waals surface area contributed by atoms with Gasteiger partial charge in [0.1, 0.15) is 0 Å². The Labute approximate surface area is 105 Å². The SMILES string of the molecule is O=C(O)c1cc(Cl)cc(S(=O)(=O)CC(F)(F)F)c1. The van der Waals surface area contributed by atoms with Gasteiger partial charge in [-0.1, -0.05) is 11.6 Å². The monoisotopic (exact) mass is 302 g/mol. The number of carboxylic acids is 1. The first-order valence-corrected chi connectivity index (χ1v) is 6.38. The molecule has 1 N–H and O–H groups in total. The van der Waals surface area contributed by atoms with E-state index in [0.29, 0.717) is 6.07 Å². The zero-order valence-corrected chi connectivity index (χ0v) is 10.1. The molecule has 0 heterocycles. The van der Waals surface area contributed by atoms with Crippen molar-refractivity contribution < 1.29 is 31.5 Å². The summed E-state index contributed by atoms with van der Waals surface area (Å²) in [7, 11) is -4.67. The summed E-state index contributed by atoms with van der Waals surface area (Å²) in [6.07, 6.45) is -4.91. The number of sulfone groups is 1. The van der Waals surface area contributed by atoms with Crippen LogP contribution in [-0.4, -0.2) is 31.4 Å². The van der Waals surface area contributed by atoms with Crippen molar-refractivity contribution in [1.29, 1.82) is 0 Å². The Morgan fingerprint density at radius 1 is 1.28 bits per heavy atom. The molecule has 0 saturated heterocycles. The number of rotatable bonds is 3. The molecule has 0 amide bonds. The molecule has 0 bridgehead atoms. The highest BCUT2D eigenvalue weighted by molar-refractivity contribution is 7.91. The molecule has 18 heavy (non-hydrogen) atoms. The molecule has 0 radical (unpaired) electrons. The fraction of sp³-hybridized carbons (Fsp3) is 0.222. The standard InChI is InChI=1S/C9H6ClF3O4S/c10-6-1-5(8(14)15)2-7(3-6)18(16,17)4-9(11,12)13/h1-3H,4H2,(H,14,15). The summed E-state index contributed by atoms with van der Waals surface area (Å²) in [5.74, 6) is -3.56. The summed E-state index contributed by atoms with van der Waals surface area (Å²) >= 11 is 5.46. The van der Waals surface area contributed by atoms with Crippen molar-refractivity contribution in [3.05, 3.63) is 28.8 Å². The lowest BCUT2D eigenvalue weighted by molar-refractivity contribution is -0.106. The molecule has 9 heteroatoms. The number of alkyl halides is 3. The van der Waals surface area contributed by atoms with Crippen LogP contribution < -0.4 is 0 Å². The van der Waals surface area contributed by atoms with E-state index in [-0.39, 0.29) is 5.02 Å². The van der Waals surface area contributed by atoms with Crippen molar-refractivity contribution >= 4 is 27.4 Å². The van der Waals surface area contributed by atoms with Crippen molar-refractivity contribution in [2.75, 3.05) is 5.75 Å². The summed E-state index contributed by atoms with van der Waals surface area (Å²) in [6, 6.07) is 2.35. The lowest BCUT2D eigenvalue weighted by Gasteiger charge is -2.08. The van der Waals surface area contributed by atoms with E-state index in [1.54, 1.807) is 0 Å². The Balaban J connectivity index is 3.29. The first-order valence-electron chi connectivity index (χ1n) is 4.35. The summed E-state index contributed by atoms with van der Waals surface area (Å²) in [4.78, 5) is 9.87. The van der Waals surface area contributed by atoms with Gasteiger partial charge in [0.2, 0.25) is 0 Å². The summed E-state index contributed by atoms with van der Waals surface area (Å²) < 4.78 is 59.0. The minimum atomic E-state index is -4.91. The second kappa shape index (κ2) is 4.77. The molecule has 1 aromatic rings. The zero-order valence-electron chi connectivity index (χ0n) is 8.53. The highest BCUT2D eigenvalue weighted by Gasteiger charge is 2.36. The van der Waals surface area contributed by atoms with E-state index in [9.17, 15) is 26.4 Å². The Bertz CT molecular complexity index is 580. The second-order valence-electron chi connectivity index (χ2n) is 3.36. The molecule has 0 aliphatic rings. The average molecular weight is 303 g/mol. The third-order valence-electron chi connectivity index (χ3n) is 1.83. The second-order valence-corrected chi connectivity index (χ2v) is 5.78. The molecule has 0 spiro atoms. The number of halogens is 4. The van der Waals surface area contributed by atoms with E-state index in [1.165, 1.54) is 0 Å². The van der Waals surface area contributed by atoms with Gasteiger partial charge in [0, 0.05) is 5.02 Å². The maximum atomic E-state index is 12.1. The van der Waals surface area contributed by atoms with Gasteiger partial charge in [0.05, 0.1) is 10.5 Å². The molecular formula is C9H6ClF3O4S. The predicted molar refractivity (Wildman–Crippen MR) is 56.5 cm³/mol. The van der Waals surface area contributed by atoms with Gasteiger partial charge in [-0.25, -0.2) is 13.2 Å². The number of hydrogen-bond acceptors (Lipinski definition) is 3. The fourth-order valence-corrected chi connectivity index (χ4v) is 2.67. The molecule has 0 saturated carbocycles. The van der Waals surface area contributed by atoms with Crippen LogP contribution in [0.5, 0.6) is 0 Å². The van der Waals surface area contributed by atoms with Crippen LogP contribution in [-0.2, 0) is 9.84 Å². The molecular weight excluding hydrogens is 297 g/mol. The molecule has 0 aliphatic heterocycles. The van der Waals surface area contributed by atoms with Crippen molar-refractivity contribution in [2.24, 2.45) is 0 Å². The maximum absolute atomic E-state index is 12.1. The summed E-state index contributed by atoms with van der Waals surface area (Å²) in [5, 5.41) is 8.39. The fourth-order valence-electron chi connectivity index (χ4n) is 1.16. The minimum Gasteiger partial charge on any atom is -0.478 e. The Morgan fingerprint density at radius 3 is 2.28 bits per heavy atom. The van der Waals surface area contributed by atoms with Crippen LogP contribution in [0.25, 0.3) is 0 Å². The number of benzene rings is 1. The molecule has 0 unspecified atom stereocenters. The molecule has 0 atom stereocenters. The van der Waals surface area contributed by atoms with Gasteiger partial charge in [0.15, 0.2) is 15.6 Å². The maximum Gasteiger partial charge on any atom is 0.403 e. The van der Waals surface area contributed by atoms with Gasteiger partial charge in [0.25, 0.3) is 0 Å². The van der Waals surface area contributed by atoms with Gasteiger partial charge in [-0.3, -0.25) is 0 Å². The molecule has 1 rings (SSSR count). The van der Waals surface area contributed by atoms with E-state index in [1.807, 2.05) is 0 Å². The molecule has 1 aromatic carbocycles. The van der Waals surface area contributed by atoms with Crippen molar-refractivity contribution in [1.82, 2.24) is 0 Å². The van der Waals surface area contributed by atoms with E-state index >= 15 is 0 Å². The largest absolute Gasteiger partial charge is 0.478 e. The molecule has 0 aromatic heterocycles. The highest BCUT2D eigenvalue weighted by atomic mass is 35.5. The van der Waals surface area contributed by atoms with Crippen molar-refractivity contribution in [3.63, 3.8) is 0 Å². The van der Waals surface area contributed by atoms with Gasteiger partial charge >= 0.3 is 12.1 Å². The third kappa shape index (κ3) is 3.88. The predicted octanol–water partition coefficient (Wildman–Crippen LogP) is 2.37. The summed E-state index contributed by atoms with van der Waals surface area (Å²) in [5.41, 5.74) is -0.497. The Morgan fingerprint density at radius 2 is 1.83 bits per heavy atom. The van der Waals surface area contributed by atoms with E-state index < -0.39 is 38.2 Å². The molecule has 100 valence electrons. The summed E-state index contributed by atoms with van der Waals surface area (Å²) in [6.45, 7) is 0. The van der Waals surface area contributed by atoms with E-state index in [0.717, 1.165) is 12.1 Å². The van der Waals surface area contributed by atoms with Crippen LogP contribution in [0.15, 0.2) is 23.1 Å². The van der Waals surface area contributed by atoms with Crippen LogP contribution in [0.1, 0.15) is 10.4 Å². The van der Waals surface area contributed by atoms with Crippen LogP contribution in [0.3, 0.4) is 0 Å². The number of aromatic carboxylic acids is 1. The lowest BCUT2D eigenvalue weighted by Crippen LogP contribution is -2.23. The Hall–Kier alpha value is -1.28. The number of carboxylic acid groups (broad SMARTS) is 1. The first kappa shape index (κ1) is 14.8. The number of hydrogen-bond donors (Lipinski definition) is 1. The van der Waals surface area contributed by atoms with Gasteiger partial charge in [-0.15, -0.1) is 0 Å². The van der Waals surface area contributed by atoms with Crippen LogP contribution in [0, 0.1) is 0 Å². The van der Waals surface area contributed by atoms with Crippen molar-refractivity contribution in [3.8, 4) is 0 Å². The van der Waals surface area contributed by atoms with Crippen LogP contribution in [0.2, 0.25) is 5.02 Å². The Kier molecular flexibility index (Phi) is 3.92. The lowest BCUT2D eigenvalue weighted by atomic mass is 10.2. The van der Waals surface area contributed by atoms with Gasteiger partial charge in [-0.2, -0.15) is 13.2 Å². The quantitative estimate of drug-likeness (QED) is 0.930. The van der Waals surface area contributed by atoms with Gasteiger partial charge in [-0.05, 0) is 18.2 Å². The molecule has 0 aliphatic carbocycles. The third-order valence-corrected chi connectivity index (χ3v) is 3.71. The minimum absolute atomic E-state index is 0.268.